The molecule has 4 heterocycles. The van der Waals surface area contributed by atoms with Crippen LogP contribution in [0.3, 0.4) is 0 Å². The Morgan fingerprint density at radius 3 is 1.78 bits per heavy atom. The molecule has 0 saturated heterocycles. The molecule has 2 aliphatic heterocycles. The molecular weight excluding hydrogens is 789 g/mol. The van der Waals surface area contributed by atoms with Crippen LogP contribution in [0.5, 0.6) is 0 Å². The van der Waals surface area contributed by atoms with Crippen molar-refractivity contribution in [1.82, 2.24) is 4.57 Å². The van der Waals surface area contributed by atoms with Crippen molar-refractivity contribution in [1.29, 1.82) is 0 Å². The van der Waals surface area contributed by atoms with E-state index in [1.54, 1.807) is 0 Å². The van der Waals surface area contributed by atoms with Crippen LogP contribution in [-0.2, 0) is 5.41 Å². The Balaban J connectivity index is 1.15. The maximum absolute atomic E-state index is 6.95. The number of hydrogen-bond donors (Lipinski definition) is 0. The van der Waals surface area contributed by atoms with Gasteiger partial charge in [0.1, 0.15) is 5.58 Å². The summed E-state index contributed by atoms with van der Waals surface area (Å²) in [5.41, 5.74) is 20.6. The molecule has 0 fully saturated rings. The Labute approximate surface area is 379 Å². The first-order valence-electron chi connectivity index (χ1n) is 22.6. The lowest BCUT2D eigenvalue weighted by molar-refractivity contribution is 0.590. The Morgan fingerprint density at radius 2 is 1.05 bits per heavy atom. The quantitative estimate of drug-likeness (QED) is 0.162. The number of nitrogens with zero attached hydrogens (tertiary/aromatic N) is 3. The molecular formula is C60H44BN3O. The zero-order chi connectivity index (χ0) is 43.4. The van der Waals surface area contributed by atoms with Crippen LogP contribution in [0.25, 0.3) is 60.8 Å². The first-order chi connectivity index (χ1) is 31.9. The van der Waals surface area contributed by atoms with Crippen LogP contribution in [0.2, 0.25) is 0 Å². The molecule has 4 nitrogen and oxygen atoms in total. The maximum atomic E-state index is 6.95. The van der Waals surface area contributed by atoms with Gasteiger partial charge in [0.15, 0.2) is 5.58 Å². The van der Waals surface area contributed by atoms with Crippen molar-refractivity contribution in [2.75, 3.05) is 9.80 Å². The number of benzene rings is 9. The molecule has 0 bridgehead atoms. The van der Waals surface area contributed by atoms with Crippen LogP contribution < -0.4 is 26.3 Å². The van der Waals surface area contributed by atoms with Gasteiger partial charge in [-0.05, 0) is 117 Å². The second-order valence-corrected chi connectivity index (χ2v) is 18.5. The zero-order valence-corrected chi connectivity index (χ0v) is 36.5. The lowest BCUT2D eigenvalue weighted by Gasteiger charge is -2.43. The number of anilines is 6. The Kier molecular flexibility index (Phi) is 8.23. The van der Waals surface area contributed by atoms with E-state index in [4.69, 9.17) is 4.42 Å². The van der Waals surface area contributed by atoms with Gasteiger partial charge in [-0.3, -0.25) is 0 Å². The largest absolute Gasteiger partial charge is 0.454 e. The van der Waals surface area contributed by atoms with E-state index >= 15 is 0 Å². The van der Waals surface area contributed by atoms with Crippen molar-refractivity contribution in [2.45, 2.75) is 26.2 Å². The molecule has 0 radical (unpaired) electrons. The summed E-state index contributed by atoms with van der Waals surface area (Å²) < 4.78 is 9.49. The minimum absolute atomic E-state index is 0.0109. The molecule has 13 rings (SSSR count). The van der Waals surface area contributed by atoms with Crippen molar-refractivity contribution in [3.05, 3.63) is 218 Å². The van der Waals surface area contributed by atoms with Crippen LogP contribution in [0.1, 0.15) is 26.3 Å². The van der Waals surface area contributed by atoms with Crippen molar-refractivity contribution >= 4 is 90.2 Å². The topological polar surface area (TPSA) is 24.6 Å². The molecule has 11 aromatic rings. The standard InChI is InChI=1S/C60H44BN3O/c1-60(2,3)43-31-33-45(34-32-43)62-52-27-17-28-53-56(52)61(59-57(62)48-36-41(39-18-7-4-8-19-39)30-35-50(48)63(59)44-22-11-6-12-23-44)49-25-14-15-26-51(49)64(53)54-38-42(40-20-9-5-10-21-40)37-47-46-24-13-16-29-55(46)65-58(47)54/h4-38H,1-3H3. The van der Waals surface area contributed by atoms with Gasteiger partial charge in [0, 0.05) is 50.2 Å². The summed E-state index contributed by atoms with van der Waals surface area (Å²) in [6, 6.07) is 77.8. The van der Waals surface area contributed by atoms with Gasteiger partial charge >= 0.3 is 0 Å². The number of rotatable bonds is 5. The normalized spacial score (nSPS) is 13.1. The smallest absolute Gasteiger partial charge is 0.273 e. The molecule has 0 spiro atoms. The Bertz CT molecular complexity index is 3640. The van der Waals surface area contributed by atoms with Gasteiger partial charge in [0.2, 0.25) is 0 Å². The summed E-state index contributed by atoms with van der Waals surface area (Å²) in [5.74, 6) is 0. The second-order valence-electron chi connectivity index (χ2n) is 18.5. The zero-order valence-electron chi connectivity index (χ0n) is 36.5. The molecule has 0 unspecified atom stereocenters. The number of furan rings is 1. The highest BCUT2D eigenvalue weighted by Crippen LogP contribution is 2.50. The number of hydrogen-bond acceptors (Lipinski definition) is 3. The predicted octanol–water partition coefficient (Wildman–Crippen LogP) is 14.2. The summed E-state index contributed by atoms with van der Waals surface area (Å²) in [4.78, 5) is 5.04. The highest BCUT2D eigenvalue weighted by atomic mass is 16.3. The lowest BCUT2D eigenvalue weighted by Crippen LogP contribution is -2.62. The van der Waals surface area contributed by atoms with Crippen molar-refractivity contribution in [2.24, 2.45) is 0 Å². The van der Waals surface area contributed by atoms with E-state index in [1.807, 2.05) is 0 Å². The van der Waals surface area contributed by atoms with Gasteiger partial charge in [-0.15, -0.1) is 0 Å². The molecule has 0 amide bonds. The van der Waals surface area contributed by atoms with Crippen LogP contribution in [0, 0.1) is 0 Å². The molecule has 65 heavy (non-hydrogen) atoms. The van der Waals surface area contributed by atoms with Crippen LogP contribution in [0.4, 0.5) is 34.1 Å². The molecule has 9 aromatic carbocycles. The fourth-order valence-corrected chi connectivity index (χ4v) is 10.7. The summed E-state index contributed by atoms with van der Waals surface area (Å²) in [5, 5.41) is 3.42. The first kappa shape index (κ1) is 37.5. The van der Waals surface area contributed by atoms with E-state index in [0.29, 0.717) is 0 Å². The van der Waals surface area contributed by atoms with Crippen LogP contribution in [0.15, 0.2) is 217 Å². The number of aromatic nitrogens is 1. The van der Waals surface area contributed by atoms with E-state index in [1.165, 1.54) is 55.5 Å². The summed E-state index contributed by atoms with van der Waals surface area (Å²) >= 11 is 0. The SMILES string of the molecule is CC(C)(C)c1ccc(N2c3cccc4c3B(c3ccccc3N4c3cc(-c4ccccc4)cc4c3oc3ccccc34)c3c2c2cc(-c4ccccc4)ccc2n3-c2ccccc2)cc1. The highest BCUT2D eigenvalue weighted by Gasteiger charge is 2.47. The fourth-order valence-electron chi connectivity index (χ4n) is 10.7. The van der Waals surface area contributed by atoms with Crippen molar-refractivity contribution in [3.63, 3.8) is 0 Å². The van der Waals surface area contributed by atoms with E-state index in [-0.39, 0.29) is 12.1 Å². The van der Waals surface area contributed by atoms with E-state index < -0.39 is 0 Å². The summed E-state index contributed by atoms with van der Waals surface area (Å²) in [7, 11) is 0. The third-order valence-corrected chi connectivity index (χ3v) is 13.7. The van der Waals surface area contributed by atoms with Crippen molar-refractivity contribution < 1.29 is 4.42 Å². The molecule has 0 saturated carbocycles. The minimum Gasteiger partial charge on any atom is -0.454 e. The van der Waals surface area contributed by atoms with E-state index in [9.17, 15) is 0 Å². The van der Waals surface area contributed by atoms with E-state index in [0.717, 1.165) is 61.5 Å². The lowest BCUT2D eigenvalue weighted by atomic mass is 9.35. The second kappa shape index (κ2) is 14.3. The fraction of sp³-hybridized carbons (Fsp3) is 0.0667. The van der Waals surface area contributed by atoms with Gasteiger partial charge in [0.25, 0.3) is 6.71 Å². The molecule has 0 atom stereocenters. The molecule has 2 aliphatic rings. The van der Waals surface area contributed by atoms with Crippen LogP contribution >= 0.6 is 0 Å². The highest BCUT2D eigenvalue weighted by molar-refractivity contribution is 7.00. The van der Waals surface area contributed by atoms with Gasteiger partial charge in [-0.2, -0.15) is 0 Å². The van der Waals surface area contributed by atoms with Gasteiger partial charge in [-0.1, -0.05) is 160 Å². The molecule has 0 aliphatic carbocycles. The monoisotopic (exact) mass is 833 g/mol. The molecule has 2 aromatic heterocycles. The van der Waals surface area contributed by atoms with Gasteiger partial charge < -0.3 is 18.8 Å². The summed E-state index contributed by atoms with van der Waals surface area (Å²) in [6.07, 6.45) is 0. The average molecular weight is 834 g/mol. The minimum atomic E-state index is -0.106. The van der Waals surface area contributed by atoms with Gasteiger partial charge in [-0.25, -0.2) is 0 Å². The Hall–Kier alpha value is -8.02. The summed E-state index contributed by atoms with van der Waals surface area (Å²) in [6.45, 7) is 6.76. The average Bonchev–Trinajstić information content (AvgIpc) is 3.90. The molecule has 308 valence electrons. The molecule has 5 heteroatoms. The van der Waals surface area contributed by atoms with Crippen LogP contribution in [-0.4, -0.2) is 11.3 Å². The van der Waals surface area contributed by atoms with Crippen molar-refractivity contribution in [3.8, 4) is 27.9 Å². The van der Waals surface area contributed by atoms with E-state index in [2.05, 4.69) is 247 Å². The number of fused-ring (bicyclic) bond motifs is 9. The van der Waals surface area contributed by atoms with Gasteiger partial charge in [0.05, 0.1) is 16.9 Å². The third-order valence-electron chi connectivity index (χ3n) is 13.7. The number of para-hydroxylation sites is 3. The maximum Gasteiger partial charge on any atom is 0.273 e. The first-order valence-corrected chi connectivity index (χ1v) is 22.6. The third kappa shape index (κ3) is 5.71. The Morgan fingerprint density at radius 1 is 0.431 bits per heavy atom. The predicted molar refractivity (Wildman–Crippen MR) is 274 cm³/mol. The molecule has 0 N–H and O–H groups in total.